The third-order valence-corrected chi connectivity index (χ3v) is 2.48. The summed E-state index contributed by atoms with van der Waals surface area (Å²) in [6.45, 7) is 2.11. The normalized spacial score (nSPS) is 12.6. The van der Waals surface area contributed by atoms with E-state index in [1.54, 1.807) is 18.4 Å². The predicted octanol–water partition coefficient (Wildman–Crippen LogP) is 3.33. The molecule has 1 atom stereocenters. The number of hydrogen-bond donors (Lipinski definition) is 1. The molecule has 0 saturated carbocycles. The van der Waals surface area contributed by atoms with Crippen LogP contribution in [0.25, 0.3) is 0 Å². The minimum absolute atomic E-state index is 0.319. The number of rotatable bonds is 3. The van der Waals surface area contributed by atoms with E-state index in [4.69, 9.17) is 4.42 Å². The van der Waals surface area contributed by atoms with Gasteiger partial charge >= 0.3 is 0 Å². The summed E-state index contributed by atoms with van der Waals surface area (Å²) in [6.07, 6.45) is 2.57. The average Bonchev–Trinajstić information content (AvgIpc) is 2.70. The number of furan rings is 1. The maximum atomic E-state index is 9.33. The molecule has 1 unspecified atom stereocenters. The molecular weight excluding hydrogens is 188 g/mol. The zero-order valence-corrected chi connectivity index (χ0v) is 8.68. The molecule has 0 aliphatic rings. The minimum Gasteiger partial charge on any atom is -0.508 e. The molecule has 0 aliphatic heterocycles. The summed E-state index contributed by atoms with van der Waals surface area (Å²) in [5.41, 5.74) is 1.12. The van der Waals surface area contributed by atoms with Crippen molar-refractivity contribution in [3.05, 3.63) is 54.0 Å². The van der Waals surface area contributed by atoms with Crippen LogP contribution in [0.1, 0.15) is 24.2 Å². The van der Waals surface area contributed by atoms with Crippen LogP contribution in [0.15, 0.2) is 47.1 Å². The molecule has 0 radical (unpaired) electrons. The van der Waals surface area contributed by atoms with Gasteiger partial charge in [0.05, 0.1) is 6.26 Å². The van der Waals surface area contributed by atoms with Gasteiger partial charge in [-0.2, -0.15) is 0 Å². The quantitative estimate of drug-likeness (QED) is 0.828. The minimum atomic E-state index is 0.319. The molecule has 15 heavy (non-hydrogen) atoms. The van der Waals surface area contributed by atoms with Gasteiger partial charge in [-0.1, -0.05) is 19.1 Å². The van der Waals surface area contributed by atoms with E-state index in [0.717, 1.165) is 17.7 Å². The smallest absolute Gasteiger partial charge is 0.115 e. The van der Waals surface area contributed by atoms with Crippen molar-refractivity contribution in [1.29, 1.82) is 0 Å². The van der Waals surface area contributed by atoms with Crippen molar-refractivity contribution in [2.75, 3.05) is 0 Å². The van der Waals surface area contributed by atoms with Crippen LogP contribution in [0.4, 0.5) is 0 Å². The van der Waals surface area contributed by atoms with Gasteiger partial charge in [0.1, 0.15) is 11.5 Å². The molecule has 1 aromatic carbocycles. The van der Waals surface area contributed by atoms with Crippen molar-refractivity contribution in [1.82, 2.24) is 0 Å². The fourth-order valence-corrected chi connectivity index (χ4v) is 1.71. The van der Waals surface area contributed by atoms with Crippen LogP contribution >= 0.6 is 0 Å². The predicted molar refractivity (Wildman–Crippen MR) is 58.9 cm³/mol. The van der Waals surface area contributed by atoms with Crippen LogP contribution in [0.2, 0.25) is 0 Å². The molecule has 0 fully saturated rings. The zero-order valence-electron chi connectivity index (χ0n) is 8.68. The summed E-state index contributed by atoms with van der Waals surface area (Å²) in [7, 11) is 0. The molecule has 2 aromatic rings. The Balaban J connectivity index is 2.09. The molecule has 1 heterocycles. The van der Waals surface area contributed by atoms with Crippen LogP contribution in [-0.4, -0.2) is 5.11 Å². The highest BCUT2D eigenvalue weighted by Gasteiger charge is 2.09. The monoisotopic (exact) mass is 202 g/mol. The Bertz CT molecular complexity index is 418. The van der Waals surface area contributed by atoms with Crippen molar-refractivity contribution >= 4 is 0 Å². The Morgan fingerprint density at radius 3 is 2.80 bits per heavy atom. The first kappa shape index (κ1) is 9.84. The summed E-state index contributed by atoms with van der Waals surface area (Å²) in [6, 6.07) is 11.2. The highest BCUT2D eigenvalue weighted by Crippen LogP contribution is 2.22. The molecule has 2 nitrogen and oxygen atoms in total. The number of phenols is 1. The van der Waals surface area contributed by atoms with Gasteiger partial charge in [-0.05, 0) is 36.2 Å². The Morgan fingerprint density at radius 1 is 1.27 bits per heavy atom. The van der Waals surface area contributed by atoms with Gasteiger partial charge in [-0.15, -0.1) is 0 Å². The van der Waals surface area contributed by atoms with Crippen LogP contribution in [-0.2, 0) is 6.42 Å². The van der Waals surface area contributed by atoms with Crippen molar-refractivity contribution in [2.24, 2.45) is 0 Å². The SMILES string of the molecule is CC(Cc1cccc(O)c1)c1ccco1. The molecule has 0 amide bonds. The Hall–Kier alpha value is -1.70. The lowest BCUT2D eigenvalue weighted by Crippen LogP contribution is -1.96. The van der Waals surface area contributed by atoms with E-state index in [1.165, 1.54) is 0 Å². The van der Waals surface area contributed by atoms with E-state index < -0.39 is 0 Å². The highest BCUT2D eigenvalue weighted by atomic mass is 16.3. The average molecular weight is 202 g/mol. The first-order valence-corrected chi connectivity index (χ1v) is 5.07. The van der Waals surface area contributed by atoms with Gasteiger partial charge in [0.2, 0.25) is 0 Å². The topological polar surface area (TPSA) is 33.4 Å². The Morgan fingerprint density at radius 2 is 2.13 bits per heavy atom. The number of aromatic hydroxyl groups is 1. The number of benzene rings is 1. The third-order valence-electron chi connectivity index (χ3n) is 2.48. The second-order valence-electron chi connectivity index (χ2n) is 3.79. The van der Waals surface area contributed by atoms with Crippen LogP contribution in [0.5, 0.6) is 5.75 Å². The van der Waals surface area contributed by atoms with E-state index >= 15 is 0 Å². The summed E-state index contributed by atoms with van der Waals surface area (Å²) < 4.78 is 5.34. The van der Waals surface area contributed by atoms with Crippen LogP contribution < -0.4 is 0 Å². The van der Waals surface area contributed by atoms with Gasteiger partial charge in [0, 0.05) is 5.92 Å². The molecule has 0 bridgehead atoms. The molecule has 2 heteroatoms. The molecule has 2 rings (SSSR count). The van der Waals surface area contributed by atoms with E-state index in [-0.39, 0.29) is 0 Å². The lowest BCUT2D eigenvalue weighted by molar-refractivity contribution is 0.467. The van der Waals surface area contributed by atoms with Crippen LogP contribution in [0, 0.1) is 0 Å². The second kappa shape index (κ2) is 4.22. The van der Waals surface area contributed by atoms with E-state index in [0.29, 0.717) is 11.7 Å². The van der Waals surface area contributed by atoms with Gasteiger partial charge in [0.25, 0.3) is 0 Å². The highest BCUT2D eigenvalue weighted by molar-refractivity contribution is 5.28. The largest absolute Gasteiger partial charge is 0.508 e. The van der Waals surface area contributed by atoms with Crippen LogP contribution in [0.3, 0.4) is 0 Å². The molecule has 0 spiro atoms. The Kier molecular flexibility index (Phi) is 2.77. The third kappa shape index (κ3) is 2.40. The first-order valence-electron chi connectivity index (χ1n) is 5.07. The van der Waals surface area contributed by atoms with Crippen molar-refractivity contribution < 1.29 is 9.52 Å². The second-order valence-corrected chi connectivity index (χ2v) is 3.79. The van der Waals surface area contributed by atoms with Gasteiger partial charge < -0.3 is 9.52 Å². The van der Waals surface area contributed by atoms with E-state index in [9.17, 15) is 5.11 Å². The number of hydrogen-bond acceptors (Lipinski definition) is 2. The lowest BCUT2D eigenvalue weighted by Gasteiger charge is -2.08. The Labute approximate surface area is 89.2 Å². The van der Waals surface area contributed by atoms with E-state index in [1.807, 2.05) is 24.3 Å². The summed E-state index contributed by atoms with van der Waals surface area (Å²) in [5.74, 6) is 1.64. The molecule has 1 aromatic heterocycles. The van der Waals surface area contributed by atoms with Crippen molar-refractivity contribution in [3.63, 3.8) is 0 Å². The maximum Gasteiger partial charge on any atom is 0.115 e. The van der Waals surface area contributed by atoms with E-state index in [2.05, 4.69) is 6.92 Å². The first-order chi connectivity index (χ1) is 7.25. The standard InChI is InChI=1S/C13H14O2/c1-10(13-6-3-7-15-13)8-11-4-2-5-12(14)9-11/h2-7,9-10,14H,8H2,1H3. The summed E-state index contributed by atoms with van der Waals surface area (Å²) >= 11 is 0. The molecule has 78 valence electrons. The van der Waals surface area contributed by atoms with Gasteiger partial charge in [-0.25, -0.2) is 0 Å². The molecular formula is C13H14O2. The maximum absolute atomic E-state index is 9.33. The van der Waals surface area contributed by atoms with Crippen molar-refractivity contribution in [2.45, 2.75) is 19.3 Å². The number of phenolic OH excluding ortho intramolecular Hbond substituents is 1. The van der Waals surface area contributed by atoms with Crippen molar-refractivity contribution in [3.8, 4) is 5.75 Å². The molecule has 0 saturated heterocycles. The zero-order chi connectivity index (χ0) is 10.7. The fourth-order valence-electron chi connectivity index (χ4n) is 1.71. The fraction of sp³-hybridized carbons (Fsp3) is 0.231. The summed E-state index contributed by atoms with van der Waals surface area (Å²) in [5, 5.41) is 9.33. The van der Waals surface area contributed by atoms with Gasteiger partial charge in [0.15, 0.2) is 0 Å². The lowest BCUT2D eigenvalue weighted by atomic mass is 9.99. The molecule has 0 aliphatic carbocycles. The molecule has 1 N–H and O–H groups in total. The van der Waals surface area contributed by atoms with Gasteiger partial charge in [-0.3, -0.25) is 0 Å². The summed E-state index contributed by atoms with van der Waals surface area (Å²) in [4.78, 5) is 0.